The number of benzene rings is 1. The van der Waals surface area contributed by atoms with Gasteiger partial charge in [0.1, 0.15) is 17.8 Å². The average Bonchev–Trinajstić information content (AvgIpc) is 2.46. The van der Waals surface area contributed by atoms with E-state index in [1.807, 2.05) is 31.2 Å². The normalized spacial score (nSPS) is 10.2. The summed E-state index contributed by atoms with van der Waals surface area (Å²) in [4.78, 5) is 14.3. The second kappa shape index (κ2) is 6.69. The number of pyridine rings is 1. The SMILES string of the molecule is CCOc1cccc(CNc2ncc([N+](=O)[O-])cc2C)c1. The number of aryl methyl sites for hydroxylation is 1. The van der Waals surface area contributed by atoms with Crippen LogP contribution in [0.5, 0.6) is 5.75 Å². The lowest BCUT2D eigenvalue weighted by molar-refractivity contribution is -0.385. The van der Waals surface area contributed by atoms with Crippen molar-refractivity contribution in [2.75, 3.05) is 11.9 Å². The Bertz CT molecular complexity index is 644. The highest BCUT2D eigenvalue weighted by molar-refractivity contribution is 5.48. The third-order valence-electron chi connectivity index (χ3n) is 2.94. The third kappa shape index (κ3) is 3.92. The molecule has 2 rings (SSSR count). The van der Waals surface area contributed by atoms with E-state index >= 15 is 0 Å². The molecule has 1 aromatic carbocycles. The van der Waals surface area contributed by atoms with E-state index < -0.39 is 4.92 Å². The van der Waals surface area contributed by atoms with Gasteiger partial charge in [0.2, 0.25) is 0 Å². The fourth-order valence-corrected chi connectivity index (χ4v) is 1.94. The zero-order valence-corrected chi connectivity index (χ0v) is 12.0. The average molecular weight is 287 g/mol. The minimum absolute atomic E-state index is 0.00334. The van der Waals surface area contributed by atoms with Crippen LogP contribution in [0.2, 0.25) is 0 Å². The molecular formula is C15H17N3O3. The summed E-state index contributed by atoms with van der Waals surface area (Å²) < 4.78 is 5.45. The van der Waals surface area contributed by atoms with Crippen molar-refractivity contribution in [2.24, 2.45) is 0 Å². The van der Waals surface area contributed by atoms with Gasteiger partial charge in [0.15, 0.2) is 0 Å². The van der Waals surface area contributed by atoms with Crippen molar-refractivity contribution in [2.45, 2.75) is 20.4 Å². The molecule has 110 valence electrons. The highest BCUT2D eigenvalue weighted by Crippen LogP contribution is 2.19. The number of ether oxygens (including phenoxy) is 1. The van der Waals surface area contributed by atoms with Crippen molar-refractivity contribution in [3.8, 4) is 5.75 Å². The maximum absolute atomic E-state index is 10.7. The van der Waals surface area contributed by atoms with Crippen molar-refractivity contribution in [1.82, 2.24) is 4.98 Å². The number of anilines is 1. The Morgan fingerprint density at radius 3 is 2.86 bits per heavy atom. The van der Waals surface area contributed by atoms with Crippen LogP contribution < -0.4 is 10.1 Å². The van der Waals surface area contributed by atoms with E-state index in [0.29, 0.717) is 19.0 Å². The van der Waals surface area contributed by atoms with Crippen molar-refractivity contribution in [3.63, 3.8) is 0 Å². The second-order valence-corrected chi connectivity index (χ2v) is 4.55. The fourth-order valence-electron chi connectivity index (χ4n) is 1.94. The summed E-state index contributed by atoms with van der Waals surface area (Å²) in [5.41, 5.74) is 1.79. The fraction of sp³-hybridized carbons (Fsp3) is 0.267. The Hall–Kier alpha value is -2.63. The van der Waals surface area contributed by atoms with Crippen molar-refractivity contribution >= 4 is 11.5 Å². The summed E-state index contributed by atoms with van der Waals surface area (Å²) in [6, 6.07) is 9.28. The summed E-state index contributed by atoms with van der Waals surface area (Å²) >= 11 is 0. The maximum Gasteiger partial charge on any atom is 0.287 e. The minimum atomic E-state index is -0.449. The van der Waals surface area contributed by atoms with Gasteiger partial charge in [-0.25, -0.2) is 4.98 Å². The predicted molar refractivity (Wildman–Crippen MR) is 80.6 cm³/mol. The summed E-state index contributed by atoms with van der Waals surface area (Å²) in [5.74, 6) is 1.47. The molecule has 0 saturated carbocycles. The Balaban J connectivity index is 2.06. The van der Waals surface area contributed by atoms with Gasteiger partial charge in [0, 0.05) is 12.6 Å². The largest absolute Gasteiger partial charge is 0.494 e. The number of aromatic nitrogens is 1. The van der Waals surface area contributed by atoms with E-state index in [4.69, 9.17) is 4.74 Å². The van der Waals surface area contributed by atoms with Gasteiger partial charge in [-0.1, -0.05) is 12.1 Å². The molecule has 21 heavy (non-hydrogen) atoms. The van der Waals surface area contributed by atoms with Crippen LogP contribution in [0.1, 0.15) is 18.1 Å². The molecule has 0 aliphatic heterocycles. The molecule has 0 amide bonds. The van der Waals surface area contributed by atoms with Crippen LogP contribution in [0.3, 0.4) is 0 Å². The Kier molecular flexibility index (Phi) is 4.71. The second-order valence-electron chi connectivity index (χ2n) is 4.55. The number of hydrogen-bond donors (Lipinski definition) is 1. The molecule has 6 heteroatoms. The van der Waals surface area contributed by atoms with E-state index in [1.54, 1.807) is 6.92 Å². The van der Waals surface area contributed by atoms with Crippen LogP contribution in [0.15, 0.2) is 36.5 Å². The van der Waals surface area contributed by atoms with E-state index in [1.165, 1.54) is 12.3 Å². The van der Waals surface area contributed by atoms with E-state index in [2.05, 4.69) is 10.3 Å². The van der Waals surface area contributed by atoms with Crippen molar-refractivity contribution in [3.05, 3.63) is 57.8 Å². The molecule has 0 spiro atoms. The van der Waals surface area contributed by atoms with Gasteiger partial charge in [-0.15, -0.1) is 0 Å². The Morgan fingerprint density at radius 2 is 2.19 bits per heavy atom. The summed E-state index contributed by atoms with van der Waals surface area (Å²) in [5, 5.41) is 13.8. The summed E-state index contributed by atoms with van der Waals surface area (Å²) in [6.07, 6.45) is 1.26. The van der Waals surface area contributed by atoms with Gasteiger partial charge < -0.3 is 10.1 Å². The van der Waals surface area contributed by atoms with Gasteiger partial charge in [-0.05, 0) is 37.1 Å². The molecule has 1 heterocycles. The van der Waals surface area contributed by atoms with Gasteiger partial charge in [-0.3, -0.25) is 10.1 Å². The van der Waals surface area contributed by atoms with Crippen LogP contribution >= 0.6 is 0 Å². The zero-order chi connectivity index (χ0) is 15.2. The van der Waals surface area contributed by atoms with Crippen LogP contribution in [0.4, 0.5) is 11.5 Å². The number of hydrogen-bond acceptors (Lipinski definition) is 5. The number of rotatable bonds is 6. The predicted octanol–water partition coefficient (Wildman–Crippen LogP) is 3.31. The molecule has 0 radical (unpaired) electrons. The first-order valence-electron chi connectivity index (χ1n) is 6.66. The van der Waals surface area contributed by atoms with E-state index in [9.17, 15) is 10.1 Å². The topological polar surface area (TPSA) is 77.3 Å². The highest BCUT2D eigenvalue weighted by Gasteiger charge is 2.09. The Morgan fingerprint density at radius 1 is 1.38 bits per heavy atom. The quantitative estimate of drug-likeness (QED) is 0.651. The molecule has 1 aromatic heterocycles. The molecule has 0 atom stereocenters. The lowest BCUT2D eigenvalue weighted by Gasteiger charge is -2.09. The van der Waals surface area contributed by atoms with Crippen LogP contribution in [0.25, 0.3) is 0 Å². The van der Waals surface area contributed by atoms with Crippen LogP contribution in [0, 0.1) is 17.0 Å². The smallest absolute Gasteiger partial charge is 0.287 e. The zero-order valence-electron chi connectivity index (χ0n) is 12.0. The van der Waals surface area contributed by atoms with Crippen LogP contribution in [-0.4, -0.2) is 16.5 Å². The highest BCUT2D eigenvalue weighted by atomic mass is 16.6. The molecule has 0 bridgehead atoms. The first-order valence-corrected chi connectivity index (χ1v) is 6.66. The molecule has 1 N–H and O–H groups in total. The molecule has 2 aromatic rings. The van der Waals surface area contributed by atoms with Crippen LogP contribution in [-0.2, 0) is 6.54 Å². The maximum atomic E-state index is 10.7. The molecule has 0 aliphatic rings. The van der Waals surface area contributed by atoms with E-state index in [0.717, 1.165) is 16.9 Å². The Labute approximate surface area is 122 Å². The summed E-state index contributed by atoms with van der Waals surface area (Å²) in [7, 11) is 0. The number of nitro groups is 1. The number of nitrogens with one attached hydrogen (secondary N) is 1. The molecule has 6 nitrogen and oxygen atoms in total. The number of nitrogens with zero attached hydrogens (tertiary/aromatic N) is 2. The molecule has 0 aliphatic carbocycles. The van der Waals surface area contributed by atoms with Gasteiger partial charge in [0.05, 0.1) is 11.5 Å². The first-order chi connectivity index (χ1) is 10.1. The molecule has 0 fully saturated rings. The first kappa shape index (κ1) is 14.8. The monoisotopic (exact) mass is 287 g/mol. The molecular weight excluding hydrogens is 270 g/mol. The van der Waals surface area contributed by atoms with E-state index in [-0.39, 0.29) is 5.69 Å². The molecule has 0 unspecified atom stereocenters. The minimum Gasteiger partial charge on any atom is -0.494 e. The van der Waals surface area contributed by atoms with Gasteiger partial charge in [-0.2, -0.15) is 0 Å². The molecule has 0 saturated heterocycles. The van der Waals surface area contributed by atoms with Gasteiger partial charge in [0.25, 0.3) is 5.69 Å². The lowest BCUT2D eigenvalue weighted by atomic mass is 10.2. The van der Waals surface area contributed by atoms with Crippen molar-refractivity contribution < 1.29 is 9.66 Å². The third-order valence-corrected chi connectivity index (χ3v) is 2.94. The van der Waals surface area contributed by atoms with Crippen molar-refractivity contribution in [1.29, 1.82) is 0 Å². The lowest BCUT2D eigenvalue weighted by Crippen LogP contribution is -2.04. The van der Waals surface area contributed by atoms with Gasteiger partial charge >= 0.3 is 0 Å². The standard InChI is InChI=1S/C15H17N3O3/c1-3-21-14-6-4-5-12(8-14)9-16-15-11(2)7-13(10-17-15)18(19)20/h4-8,10H,3,9H2,1-2H3,(H,16,17). The summed E-state index contributed by atoms with van der Waals surface area (Å²) in [6.45, 7) is 4.93.